The Bertz CT molecular complexity index is 912. The van der Waals surface area contributed by atoms with Crippen molar-refractivity contribution < 1.29 is 22.5 Å². The van der Waals surface area contributed by atoms with Crippen molar-refractivity contribution in [3.63, 3.8) is 0 Å². The molecule has 0 aromatic heterocycles. The van der Waals surface area contributed by atoms with Crippen molar-refractivity contribution in [1.29, 1.82) is 0 Å². The van der Waals surface area contributed by atoms with Crippen LogP contribution in [0.5, 0.6) is 0 Å². The number of carbonyl (C=O) groups excluding carboxylic acids is 1. The van der Waals surface area contributed by atoms with Gasteiger partial charge in [0.2, 0.25) is 10.0 Å². The number of benzene rings is 2. The average molecular weight is 421 g/mol. The lowest BCUT2D eigenvalue weighted by Gasteiger charge is -2.34. The Balaban J connectivity index is 1.47. The molecule has 1 heterocycles. The number of halogens is 1. The van der Waals surface area contributed by atoms with Crippen molar-refractivity contribution in [2.75, 3.05) is 32.7 Å². The van der Waals surface area contributed by atoms with Crippen LogP contribution < -0.4 is 10.2 Å². The molecule has 0 unspecified atom stereocenters. The van der Waals surface area contributed by atoms with Gasteiger partial charge in [-0.05, 0) is 43.2 Å². The highest BCUT2D eigenvalue weighted by atomic mass is 32.2. The van der Waals surface area contributed by atoms with E-state index in [0.29, 0.717) is 44.0 Å². The van der Waals surface area contributed by atoms with E-state index in [1.165, 1.54) is 16.4 Å². The maximum Gasteiger partial charge on any atom is 0.278 e. The van der Waals surface area contributed by atoms with Crippen LogP contribution in [-0.4, -0.2) is 57.4 Å². The fraction of sp³-hybridized carbons (Fsp3) is 0.381. The molecule has 0 spiro atoms. The van der Waals surface area contributed by atoms with E-state index in [0.717, 1.165) is 10.5 Å². The Hall–Kier alpha value is -2.29. The van der Waals surface area contributed by atoms with Crippen LogP contribution in [0.15, 0.2) is 59.5 Å². The SMILES string of the molecule is C[C@@H](C(=O)NCCc1ccc(F)cc1)[NH+]1CCN(S(=O)(=O)c2ccccc2)CC1. The molecule has 0 aliphatic carbocycles. The molecular formula is C21H27FN3O3S+. The summed E-state index contributed by atoms with van der Waals surface area (Å²) in [5.74, 6) is -0.329. The molecule has 29 heavy (non-hydrogen) atoms. The molecule has 1 amide bonds. The Labute approximate surface area is 171 Å². The molecule has 1 aliphatic heterocycles. The molecule has 8 heteroatoms. The molecule has 2 aromatic rings. The van der Waals surface area contributed by atoms with Gasteiger partial charge in [0.1, 0.15) is 5.82 Å². The van der Waals surface area contributed by atoms with Crippen LogP contribution in [0.2, 0.25) is 0 Å². The maximum atomic E-state index is 12.9. The van der Waals surface area contributed by atoms with Crippen LogP contribution in [0.1, 0.15) is 12.5 Å². The van der Waals surface area contributed by atoms with Crippen LogP contribution in [0, 0.1) is 5.82 Å². The second-order valence-corrected chi connectivity index (χ2v) is 9.20. The summed E-state index contributed by atoms with van der Waals surface area (Å²) in [7, 11) is -3.49. The van der Waals surface area contributed by atoms with Gasteiger partial charge >= 0.3 is 0 Å². The van der Waals surface area contributed by atoms with Crippen LogP contribution >= 0.6 is 0 Å². The first kappa shape index (κ1) is 21.4. The van der Waals surface area contributed by atoms with Gasteiger partial charge in [-0.15, -0.1) is 0 Å². The van der Waals surface area contributed by atoms with Crippen LogP contribution in [0.3, 0.4) is 0 Å². The lowest BCUT2D eigenvalue weighted by atomic mass is 10.1. The smallest absolute Gasteiger partial charge is 0.278 e. The zero-order chi connectivity index (χ0) is 20.9. The van der Waals surface area contributed by atoms with Gasteiger partial charge in [-0.2, -0.15) is 4.31 Å². The molecule has 2 N–H and O–H groups in total. The third kappa shape index (κ3) is 5.41. The van der Waals surface area contributed by atoms with Gasteiger partial charge in [0, 0.05) is 6.54 Å². The summed E-state index contributed by atoms with van der Waals surface area (Å²) < 4.78 is 39.8. The van der Waals surface area contributed by atoms with E-state index in [4.69, 9.17) is 0 Å². The monoisotopic (exact) mass is 420 g/mol. The standard InChI is InChI=1S/C21H26FN3O3S/c1-17(21(26)23-12-11-18-7-9-19(22)10-8-18)24-13-15-25(16-14-24)29(27,28)20-5-3-2-4-6-20/h2-10,17H,11-16H2,1H3,(H,23,26)/p+1/t17-/m0/s1. The van der Waals surface area contributed by atoms with Gasteiger partial charge in [-0.1, -0.05) is 30.3 Å². The van der Waals surface area contributed by atoms with E-state index < -0.39 is 10.0 Å². The Morgan fingerprint density at radius 3 is 2.34 bits per heavy atom. The minimum absolute atomic E-state index is 0.0542. The molecule has 2 aromatic carbocycles. The normalized spacial score (nSPS) is 17.0. The molecule has 0 saturated carbocycles. The van der Waals surface area contributed by atoms with Gasteiger partial charge in [0.15, 0.2) is 6.04 Å². The Morgan fingerprint density at radius 2 is 1.72 bits per heavy atom. The predicted molar refractivity (Wildman–Crippen MR) is 108 cm³/mol. The predicted octanol–water partition coefficient (Wildman–Crippen LogP) is 0.462. The van der Waals surface area contributed by atoms with Crippen LogP contribution in [0.25, 0.3) is 0 Å². The highest BCUT2D eigenvalue weighted by Crippen LogP contribution is 2.14. The van der Waals surface area contributed by atoms with E-state index in [1.807, 2.05) is 6.92 Å². The molecule has 1 fully saturated rings. The number of nitrogens with one attached hydrogen (secondary N) is 2. The summed E-state index contributed by atoms with van der Waals surface area (Å²) in [5, 5.41) is 2.92. The van der Waals surface area contributed by atoms with Crippen LogP contribution in [-0.2, 0) is 21.2 Å². The molecule has 1 atom stereocenters. The number of hydrogen-bond acceptors (Lipinski definition) is 3. The van der Waals surface area contributed by atoms with E-state index in [9.17, 15) is 17.6 Å². The number of amides is 1. The third-order valence-corrected chi connectivity index (χ3v) is 7.29. The van der Waals surface area contributed by atoms with Gasteiger partial charge in [0.25, 0.3) is 5.91 Å². The molecule has 1 aliphatic rings. The van der Waals surface area contributed by atoms with E-state index in [2.05, 4.69) is 5.32 Å². The number of sulfonamides is 1. The molecule has 156 valence electrons. The van der Waals surface area contributed by atoms with Crippen molar-refractivity contribution in [2.45, 2.75) is 24.3 Å². The van der Waals surface area contributed by atoms with Crippen LogP contribution in [0.4, 0.5) is 4.39 Å². The number of hydrogen-bond donors (Lipinski definition) is 2. The quantitative estimate of drug-likeness (QED) is 0.684. The fourth-order valence-corrected chi connectivity index (χ4v) is 4.97. The third-order valence-electron chi connectivity index (χ3n) is 5.38. The van der Waals surface area contributed by atoms with E-state index >= 15 is 0 Å². The number of rotatable bonds is 7. The zero-order valence-electron chi connectivity index (χ0n) is 16.5. The van der Waals surface area contributed by atoms with Crippen molar-refractivity contribution in [1.82, 2.24) is 9.62 Å². The Morgan fingerprint density at radius 1 is 1.10 bits per heavy atom. The van der Waals surface area contributed by atoms with E-state index in [1.54, 1.807) is 42.5 Å². The molecule has 0 bridgehead atoms. The van der Waals surface area contributed by atoms with Gasteiger partial charge in [-0.3, -0.25) is 4.79 Å². The highest BCUT2D eigenvalue weighted by molar-refractivity contribution is 7.89. The number of nitrogens with zero attached hydrogens (tertiary/aromatic N) is 1. The maximum absolute atomic E-state index is 12.9. The largest absolute Gasteiger partial charge is 0.351 e. The number of piperazine rings is 1. The molecule has 6 nitrogen and oxygen atoms in total. The molecule has 1 saturated heterocycles. The Kier molecular flexibility index (Phi) is 7.00. The van der Waals surface area contributed by atoms with Crippen molar-refractivity contribution >= 4 is 15.9 Å². The lowest BCUT2D eigenvalue weighted by molar-refractivity contribution is -0.917. The van der Waals surface area contributed by atoms with Gasteiger partial charge < -0.3 is 10.2 Å². The summed E-state index contributed by atoms with van der Waals surface area (Å²) in [6, 6.07) is 14.4. The zero-order valence-corrected chi connectivity index (χ0v) is 17.3. The van der Waals surface area contributed by atoms with E-state index in [-0.39, 0.29) is 17.8 Å². The van der Waals surface area contributed by atoms with Crippen molar-refractivity contribution in [3.05, 3.63) is 66.0 Å². The first-order valence-electron chi connectivity index (χ1n) is 9.80. The molecule has 3 rings (SSSR count). The first-order chi connectivity index (χ1) is 13.9. The summed E-state index contributed by atoms with van der Waals surface area (Å²) in [5.41, 5.74) is 0.964. The summed E-state index contributed by atoms with van der Waals surface area (Å²) >= 11 is 0. The first-order valence-corrected chi connectivity index (χ1v) is 11.2. The summed E-state index contributed by atoms with van der Waals surface area (Å²) in [6.07, 6.45) is 0.636. The second kappa shape index (κ2) is 9.47. The second-order valence-electron chi connectivity index (χ2n) is 7.26. The summed E-state index contributed by atoms with van der Waals surface area (Å²) in [6.45, 7) is 4.29. The number of carbonyl (C=O) groups is 1. The minimum atomic E-state index is -3.49. The number of quaternary nitrogens is 1. The fourth-order valence-electron chi connectivity index (χ4n) is 3.51. The lowest BCUT2D eigenvalue weighted by Crippen LogP contribution is -3.19. The van der Waals surface area contributed by atoms with Gasteiger partial charge in [0.05, 0.1) is 31.1 Å². The summed E-state index contributed by atoms with van der Waals surface area (Å²) in [4.78, 5) is 13.8. The average Bonchev–Trinajstić information content (AvgIpc) is 2.75. The minimum Gasteiger partial charge on any atom is -0.351 e. The topological polar surface area (TPSA) is 70.9 Å². The highest BCUT2D eigenvalue weighted by Gasteiger charge is 2.34. The van der Waals surface area contributed by atoms with Gasteiger partial charge in [-0.25, -0.2) is 12.8 Å². The molecule has 0 radical (unpaired) electrons. The van der Waals surface area contributed by atoms with Crippen molar-refractivity contribution in [3.8, 4) is 0 Å². The molecular weight excluding hydrogens is 393 g/mol. The van der Waals surface area contributed by atoms with Crippen molar-refractivity contribution in [2.24, 2.45) is 0 Å².